The highest BCUT2D eigenvalue weighted by Gasteiger charge is 2.23. The lowest BCUT2D eigenvalue weighted by molar-refractivity contribution is -0.130. The molecule has 1 aliphatic heterocycles. The summed E-state index contributed by atoms with van der Waals surface area (Å²) < 4.78 is 25.0. The molecule has 3 heterocycles. The molecular weight excluding hydrogens is 438 g/mol. The van der Waals surface area contributed by atoms with Crippen LogP contribution in [0.5, 0.6) is 0 Å². The summed E-state index contributed by atoms with van der Waals surface area (Å²) in [4.78, 5) is 22.4. The summed E-state index contributed by atoms with van der Waals surface area (Å²) in [5, 5.41) is 0.859. The number of fused-ring (bicyclic) bond motifs is 1. The second-order valence-electron chi connectivity index (χ2n) is 6.65. The molecule has 0 unspecified atom stereocenters. The highest BCUT2D eigenvalue weighted by molar-refractivity contribution is 7.90. The van der Waals surface area contributed by atoms with Crippen molar-refractivity contribution in [1.29, 1.82) is 0 Å². The number of halogens is 1. The molecule has 0 saturated carbocycles. The smallest absolute Gasteiger partial charge is 0.227 e. The van der Waals surface area contributed by atoms with Gasteiger partial charge in [-0.3, -0.25) is 4.79 Å². The van der Waals surface area contributed by atoms with E-state index in [2.05, 4.69) is 9.88 Å². The van der Waals surface area contributed by atoms with Crippen LogP contribution in [0.1, 0.15) is 4.88 Å². The summed E-state index contributed by atoms with van der Waals surface area (Å²) >= 11 is 8.85. The molecule has 0 radical (unpaired) electrons. The first-order chi connectivity index (χ1) is 13.3. The number of benzene rings is 1. The highest BCUT2D eigenvalue weighted by atomic mass is 35.5. The van der Waals surface area contributed by atoms with Crippen LogP contribution >= 0.6 is 34.3 Å². The maximum atomic E-state index is 12.5. The zero-order valence-electron chi connectivity index (χ0n) is 15.1. The van der Waals surface area contributed by atoms with Gasteiger partial charge in [-0.2, -0.15) is 0 Å². The molecule has 0 bridgehead atoms. The van der Waals surface area contributed by atoms with E-state index in [9.17, 15) is 13.2 Å². The number of anilines is 1. The van der Waals surface area contributed by atoms with Gasteiger partial charge in [-0.05, 0) is 30.3 Å². The summed E-state index contributed by atoms with van der Waals surface area (Å²) in [5.41, 5.74) is 0.792. The number of thiophene rings is 1. The Morgan fingerprint density at radius 3 is 2.54 bits per heavy atom. The van der Waals surface area contributed by atoms with Gasteiger partial charge in [-0.25, -0.2) is 13.4 Å². The van der Waals surface area contributed by atoms with E-state index in [1.807, 2.05) is 17.0 Å². The Bertz CT molecular complexity index is 1130. The molecule has 28 heavy (non-hydrogen) atoms. The minimum Gasteiger partial charge on any atom is -0.345 e. The molecule has 0 spiro atoms. The number of amides is 1. The molecule has 0 atom stereocenters. The van der Waals surface area contributed by atoms with Crippen LogP contribution in [0.3, 0.4) is 0 Å². The largest absolute Gasteiger partial charge is 0.345 e. The van der Waals surface area contributed by atoms with Crippen LogP contribution in [-0.4, -0.2) is 56.6 Å². The first-order valence-corrected chi connectivity index (χ1v) is 12.6. The number of nitrogens with zero attached hydrogens (tertiary/aromatic N) is 3. The molecule has 1 saturated heterocycles. The number of thiazole rings is 1. The number of hydrogen-bond acceptors (Lipinski definition) is 7. The van der Waals surface area contributed by atoms with Crippen molar-refractivity contribution in [2.24, 2.45) is 0 Å². The third-order valence-corrected chi connectivity index (χ3v) is 8.05. The van der Waals surface area contributed by atoms with E-state index in [-0.39, 0.29) is 5.91 Å². The quantitative estimate of drug-likeness (QED) is 0.603. The van der Waals surface area contributed by atoms with Gasteiger partial charge in [0.05, 0.1) is 25.9 Å². The van der Waals surface area contributed by atoms with Crippen molar-refractivity contribution >= 4 is 65.4 Å². The average molecular weight is 456 g/mol. The molecule has 1 fully saturated rings. The molecule has 1 aromatic carbocycles. The predicted octanol–water partition coefficient (Wildman–Crippen LogP) is 3.31. The number of carbonyl (C=O) groups is 1. The number of rotatable bonds is 4. The van der Waals surface area contributed by atoms with Crippen LogP contribution in [0, 0.1) is 0 Å². The fraction of sp³-hybridized carbons (Fsp3) is 0.333. The Balaban J connectivity index is 1.42. The second-order valence-corrected chi connectivity index (χ2v) is 11.5. The minimum absolute atomic E-state index is 0.111. The van der Waals surface area contributed by atoms with Gasteiger partial charge in [0.1, 0.15) is 0 Å². The zero-order valence-corrected chi connectivity index (χ0v) is 18.3. The molecule has 10 heteroatoms. The standard InChI is InChI=1S/C18H18ClN3O3S3/c1-28(24,25)13-3-4-14-15(11-13)27-18(20-14)22-8-6-21(7-9-22)17(23)10-12-2-5-16(19)26-12/h2-5,11H,6-10H2,1H3. The fourth-order valence-electron chi connectivity index (χ4n) is 3.11. The lowest BCUT2D eigenvalue weighted by Crippen LogP contribution is -2.49. The summed E-state index contributed by atoms with van der Waals surface area (Å²) in [6.45, 7) is 2.69. The summed E-state index contributed by atoms with van der Waals surface area (Å²) in [7, 11) is -3.24. The Kier molecular flexibility index (Phi) is 5.34. The van der Waals surface area contributed by atoms with Crippen molar-refractivity contribution in [3.8, 4) is 0 Å². The molecule has 3 aromatic rings. The summed E-state index contributed by atoms with van der Waals surface area (Å²) in [5.74, 6) is 0.111. The van der Waals surface area contributed by atoms with Gasteiger partial charge in [0.25, 0.3) is 0 Å². The van der Waals surface area contributed by atoms with E-state index in [1.165, 1.54) is 28.9 Å². The van der Waals surface area contributed by atoms with Crippen LogP contribution in [0.2, 0.25) is 4.34 Å². The monoisotopic (exact) mass is 455 g/mol. The topological polar surface area (TPSA) is 70.6 Å². The summed E-state index contributed by atoms with van der Waals surface area (Å²) in [6, 6.07) is 8.73. The van der Waals surface area contributed by atoms with Gasteiger partial charge in [0.15, 0.2) is 15.0 Å². The lowest BCUT2D eigenvalue weighted by Gasteiger charge is -2.34. The Morgan fingerprint density at radius 2 is 1.89 bits per heavy atom. The van der Waals surface area contributed by atoms with Gasteiger partial charge < -0.3 is 9.80 Å². The van der Waals surface area contributed by atoms with Crippen molar-refractivity contribution in [2.45, 2.75) is 11.3 Å². The van der Waals surface area contributed by atoms with Crippen LogP contribution in [0.4, 0.5) is 5.13 Å². The molecule has 6 nitrogen and oxygen atoms in total. The van der Waals surface area contributed by atoms with Gasteiger partial charge in [0.2, 0.25) is 5.91 Å². The fourth-order valence-corrected chi connectivity index (χ4v) is 5.97. The third-order valence-electron chi connectivity index (χ3n) is 4.63. The molecule has 0 aliphatic carbocycles. The number of piperazine rings is 1. The van der Waals surface area contributed by atoms with Gasteiger partial charge >= 0.3 is 0 Å². The van der Waals surface area contributed by atoms with Crippen LogP contribution in [-0.2, 0) is 21.1 Å². The van der Waals surface area contributed by atoms with E-state index in [4.69, 9.17) is 11.6 Å². The van der Waals surface area contributed by atoms with Gasteiger partial charge in [-0.15, -0.1) is 11.3 Å². The van der Waals surface area contributed by atoms with Crippen molar-refractivity contribution in [1.82, 2.24) is 9.88 Å². The van der Waals surface area contributed by atoms with Crippen LogP contribution in [0.25, 0.3) is 10.2 Å². The molecule has 1 aliphatic rings. The Labute approximate surface area is 176 Å². The number of sulfone groups is 1. The van der Waals surface area contributed by atoms with E-state index in [0.717, 1.165) is 20.2 Å². The normalized spacial score (nSPS) is 15.4. The molecular formula is C18H18ClN3O3S3. The molecule has 0 N–H and O–H groups in total. The number of hydrogen-bond donors (Lipinski definition) is 0. The predicted molar refractivity (Wildman–Crippen MR) is 115 cm³/mol. The van der Waals surface area contributed by atoms with Gasteiger partial charge in [0, 0.05) is 37.3 Å². The van der Waals surface area contributed by atoms with Crippen molar-refractivity contribution in [2.75, 3.05) is 37.3 Å². The molecule has 4 rings (SSSR count). The van der Waals surface area contributed by atoms with Crippen molar-refractivity contribution < 1.29 is 13.2 Å². The van der Waals surface area contributed by atoms with E-state index in [1.54, 1.807) is 18.2 Å². The van der Waals surface area contributed by atoms with Crippen LogP contribution < -0.4 is 4.90 Å². The minimum atomic E-state index is -3.24. The number of carbonyl (C=O) groups excluding carboxylic acids is 1. The maximum absolute atomic E-state index is 12.5. The molecule has 1 amide bonds. The SMILES string of the molecule is CS(=O)(=O)c1ccc2nc(N3CCN(C(=O)Cc4ccc(Cl)s4)CC3)sc2c1. The summed E-state index contributed by atoms with van der Waals surface area (Å²) in [6.07, 6.45) is 1.59. The highest BCUT2D eigenvalue weighted by Crippen LogP contribution is 2.31. The Hall–Kier alpha value is -1.68. The average Bonchev–Trinajstić information content (AvgIpc) is 3.26. The zero-order chi connectivity index (χ0) is 19.9. The molecule has 148 valence electrons. The van der Waals surface area contributed by atoms with E-state index < -0.39 is 9.84 Å². The second kappa shape index (κ2) is 7.62. The van der Waals surface area contributed by atoms with E-state index >= 15 is 0 Å². The number of aromatic nitrogens is 1. The van der Waals surface area contributed by atoms with Gasteiger partial charge in [-0.1, -0.05) is 22.9 Å². The maximum Gasteiger partial charge on any atom is 0.227 e. The van der Waals surface area contributed by atoms with Crippen LogP contribution in [0.15, 0.2) is 35.2 Å². The molecule has 2 aromatic heterocycles. The Morgan fingerprint density at radius 1 is 1.14 bits per heavy atom. The van der Waals surface area contributed by atoms with E-state index in [0.29, 0.717) is 41.8 Å². The first-order valence-electron chi connectivity index (χ1n) is 8.67. The first kappa shape index (κ1) is 19.6. The van der Waals surface area contributed by atoms with Crippen molar-refractivity contribution in [3.05, 3.63) is 39.5 Å². The third kappa shape index (κ3) is 4.17. The van der Waals surface area contributed by atoms with Crippen molar-refractivity contribution in [3.63, 3.8) is 0 Å². The lowest BCUT2D eigenvalue weighted by atomic mass is 10.2.